The molecule has 0 unspecified atom stereocenters. The second-order valence-electron chi connectivity index (χ2n) is 5.16. The van der Waals surface area contributed by atoms with Crippen molar-refractivity contribution in [3.8, 4) is 5.75 Å². The van der Waals surface area contributed by atoms with E-state index in [0.29, 0.717) is 13.1 Å². The Hall–Kier alpha value is -2.64. The van der Waals surface area contributed by atoms with E-state index in [1.54, 1.807) is 4.90 Å². The Morgan fingerprint density at radius 2 is 1.96 bits per heavy atom. The highest BCUT2D eigenvalue weighted by Crippen LogP contribution is 2.24. The van der Waals surface area contributed by atoms with Crippen molar-refractivity contribution < 1.29 is 24.0 Å². The molecule has 0 atom stereocenters. The number of carbonyl (C=O) groups excluding carboxylic acids is 2. The number of nitrogens with zero attached hydrogens (tertiary/aromatic N) is 2. The van der Waals surface area contributed by atoms with Crippen LogP contribution in [-0.2, 0) is 9.53 Å². The summed E-state index contributed by atoms with van der Waals surface area (Å²) in [5.41, 5.74) is -0.326. The highest BCUT2D eigenvalue weighted by atomic mass is 16.6. The molecule has 8 nitrogen and oxygen atoms in total. The molecule has 1 fully saturated rings. The lowest BCUT2D eigenvalue weighted by molar-refractivity contribution is -0.384. The molecule has 8 heteroatoms. The summed E-state index contributed by atoms with van der Waals surface area (Å²) in [6.45, 7) is 0.942. The number of likely N-dealkylation sites (tertiary alicyclic amines) is 1. The molecule has 1 amide bonds. The van der Waals surface area contributed by atoms with Crippen LogP contribution in [0.25, 0.3) is 0 Å². The quantitative estimate of drug-likeness (QED) is 0.465. The van der Waals surface area contributed by atoms with Crippen LogP contribution in [-0.4, -0.2) is 48.5 Å². The maximum atomic E-state index is 12.1. The SMILES string of the molecule is COc1ccc([N+](=O)[O-])cc1C(=O)OCC(=O)N1CCCCC1. The third-order valence-electron chi connectivity index (χ3n) is 3.65. The fraction of sp³-hybridized carbons (Fsp3) is 0.467. The van der Waals surface area contributed by atoms with E-state index in [1.165, 1.54) is 19.2 Å². The summed E-state index contributed by atoms with van der Waals surface area (Å²) in [5, 5.41) is 10.8. The van der Waals surface area contributed by atoms with Gasteiger partial charge in [0.05, 0.1) is 12.0 Å². The van der Waals surface area contributed by atoms with Gasteiger partial charge in [0, 0.05) is 25.2 Å². The minimum atomic E-state index is -0.823. The number of nitro benzene ring substituents is 1. The van der Waals surface area contributed by atoms with E-state index in [4.69, 9.17) is 9.47 Å². The van der Waals surface area contributed by atoms with Crippen molar-refractivity contribution in [1.82, 2.24) is 4.90 Å². The predicted octanol–water partition coefficient (Wildman–Crippen LogP) is 1.77. The first-order valence-electron chi connectivity index (χ1n) is 7.30. The van der Waals surface area contributed by atoms with Crippen molar-refractivity contribution in [2.24, 2.45) is 0 Å². The normalized spacial score (nSPS) is 14.2. The second kappa shape index (κ2) is 7.57. The number of esters is 1. The van der Waals surface area contributed by atoms with E-state index in [1.807, 2.05) is 0 Å². The van der Waals surface area contributed by atoms with Gasteiger partial charge in [-0.3, -0.25) is 14.9 Å². The van der Waals surface area contributed by atoms with Crippen molar-refractivity contribution in [2.75, 3.05) is 26.8 Å². The van der Waals surface area contributed by atoms with Crippen LogP contribution in [0.3, 0.4) is 0 Å². The maximum Gasteiger partial charge on any atom is 0.342 e. The highest BCUT2D eigenvalue weighted by molar-refractivity contribution is 5.94. The van der Waals surface area contributed by atoms with Crippen LogP contribution in [0.5, 0.6) is 5.75 Å². The molecule has 0 saturated carbocycles. The van der Waals surface area contributed by atoms with Gasteiger partial charge < -0.3 is 14.4 Å². The van der Waals surface area contributed by atoms with Crippen molar-refractivity contribution in [3.05, 3.63) is 33.9 Å². The molecule has 1 saturated heterocycles. The highest BCUT2D eigenvalue weighted by Gasteiger charge is 2.22. The smallest absolute Gasteiger partial charge is 0.342 e. The molecule has 124 valence electrons. The lowest BCUT2D eigenvalue weighted by Gasteiger charge is -2.26. The minimum Gasteiger partial charge on any atom is -0.496 e. The molecule has 0 N–H and O–H groups in total. The van der Waals surface area contributed by atoms with E-state index in [0.717, 1.165) is 25.3 Å². The van der Waals surface area contributed by atoms with Gasteiger partial charge in [-0.25, -0.2) is 4.79 Å². The van der Waals surface area contributed by atoms with Gasteiger partial charge >= 0.3 is 5.97 Å². The summed E-state index contributed by atoms with van der Waals surface area (Å²) < 4.78 is 9.99. The molecule has 0 spiro atoms. The van der Waals surface area contributed by atoms with Crippen LogP contribution in [0.1, 0.15) is 29.6 Å². The van der Waals surface area contributed by atoms with Crippen LogP contribution in [0, 0.1) is 10.1 Å². The van der Waals surface area contributed by atoms with Gasteiger partial charge in [0.2, 0.25) is 0 Å². The molecule has 1 aromatic carbocycles. The Morgan fingerprint density at radius 1 is 1.26 bits per heavy atom. The number of ether oxygens (including phenoxy) is 2. The van der Waals surface area contributed by atoms with Gasteiger partial charge in [-0.2, -0.15) is 0 Å². The largest absolute Gasteiger partial charge is 0.496 e. The predicted molar refractivity (Wildman–Crippen MR) is 80.4 cm³/mol. The molecule has 1 heterocycles. The zero-order valence-electron chi connectivity index (χ0n) is 12.8. The van der Waals surface area contributed by atoms with Gasteiger partial charge in [-0.1, -0.05) is 0 Å². The van der Waals surface area contributed by atoms with Crippen LogP contribution < -0.4 is 4.74 Å². The molecule has 0 bridgehead atoms. The molecule has 0 aliphatic carbocycles. The molecule has 1 aliphatic heterocycles. The third kappa shape index (κ3) is 4.18. The molecule has 1 aliphatic rings. The molecule has 0 aromatic heterocycles. The number of non-ortho nitro benzene ring substituents is 1. The number of methoxy groups -OCH3 is 1. The number of nitro groups is 1. The standard InChI is InChI=1S/C15H18N2O6/c1-22-13-6-5-11(17(20)21)9-12(13)15(19)23-10-14(18)16-7-3-2-4-8-16/h5-6,9H,2-4,7-8,10H2,1H3. The first kappa shape index (κ1) is 16.7. The molecule has 23 heavy (non-hydrogen) atoms. The van der Waals surface area contributed by atoms with Gasteiger partial charge in [0.25, 0.3) is 11.6 Å². The minimum absolute atomic E-state index is 0.0758. The zero-order valence-corrected chi connectivity index (χ0v) is 12.8. The maximum absolute atomic E-state index is 12.1. The lowest BCUT2D eigenvalue weighted by Crippen LogP contribution is -2.38. The van der Waals surface area contributed by atoms with Crippen molar-refractivity contribution in [3.63, 3.8) is 0 Å². The second-order valence-corrected chi connectivity index (χ2v) is 5.16. The number of benzene rings is 1. The van der Waals surface area contributed by atoms with Crippen LogP contribution in [0.15, 0.2) is 18.2 Å². The average Bonchev–Trinajstić information content (AvgIpc) is 2.59. The fourth-order valence-corrected chi connectivity index (χ4v) is 2.41. The van der Waals surface area contributed by atoms with E-state index in [2.05, 4.69) is 0 Å². The summed E-state index contributed by atoms with van der Waals surface area (Å²) in [5.74, 6) is -0.927. The van der Waals surface area contributed by atoms with Gasteiger partial charge in [-0.05, 0) is 25.3 Å². The van der Waals surface area contributed by atoms with E-state index >= 15 is 0 Å². The number of piperidine rings is 1. The average molecular weight is 322 g/mol. The number of carbonyl (C=O) groups is 2. The third-order valence-corrected chi connectivity index (χ3v) is 3.65. The number of rotatable bonds is 5. The summed E-state index contributed by atoms with van der Waals surface area (Å²) in [7, 11) is 1.34. The van der Waals surface area contributed by atoms with Gasteiger partial charge in [-0.15, -0.1) is 0 Å². The molecular formula is C15H18N2O6. The Morgan fingerprint density at radius 3 is 2.57 bits per heavy atom. The molecule has 2 rings (SSSR count). The topological polar surface area (TPSA) is 99.0 Å². The van der Waals surface area contributed by atoms with E-state index in [9.17, 15) is 19.7 Å². The van der Waals surface area contributed by atoms with E-state index in [-0.39, 0.29) is 29.5 Å². The lowest BCUT2D eigenvalue weighted by atomic mass is 10.1. The van der Waals surface area contributed by atoms with E-state index < -0.39 is 10.9 Å². The summed E-state index contributed by atoms with van der Waals surface area (Å²) in [4.78, 5) is 35.9. The number of hydrogen-bond acceptors (Lipinski definition) is 6. The Labute approximate surface area is 133 Å². The number of amides is 1. The Balaban J connectivity index is 2.03. The fourth-order valence-electron chi connectivity index (χ4n) is 2.41. The Kier molecular flexibility index (Phi) is 5.51. The van der Waals surface area contributed by atoms with Gasteiger partial charge in [0.15, 0.2) is 6.61 Å². The van der Waals surface area contributed by atoms with Crippen molar-refractivity contribution in [2.45, 2.75) is 19.3 Å². The summed E-state index contributed by atoms with van der Waals surface area (Å²) >= 11 is 0. The van der Waals surface area contributed by atoms with Crippen molar-refractivity contribution >= 4 is 17.6 Å². The van der Waals surface area contributed by atoms with Crippen LogP contribution in [0.4, 0.5) is 5.69 Å². The molecule has 1 aromatic rings. The summed E-state index contributed by atoms with van der Waals surface area (Å²) in [6, 6.07) is 3.63. The van der Waals surface area contributed by atoms with Crippen LogP contribution >= 0.6 is 0 Å². The molecule has 0 radical (unpaired) electrons. The monoisotopic (exact) mass is 322 g/mol. The molecular weight excluding hydrogens is 304 g/mol. The van der Waals surface area contributed by atoms with Gasteiger partial charge in [0.1, 0.15) is 11.3 Å². The van der Waals surface area contributed by atoms with Crippen LogP contribution in [0.2, 0.25) is 0 Å². The number of hydrogen-bond donors (Lipinski definition) is 0. The first-order chi connectivity index (χ1) is 11.0. The first-order valence-corrected chi connectivity index (χ1v) is 7.30. The Bertz CT molecular complexity index is 610. The zero-order chi connectivity index (χ0) is 16.8. The summed E-state index contributed by atoms with van der Waals surface area (Å²) in [6.07, 6.45) is 2.98. The van der Waals surface area contributed by atoms with Crippen molar-refractivity contribution in [1.29, 1.82) is 0 Å².